The molecule has 4 N–H and O–H groups in total. The highest BCUT2D eigenvalue weighted by molar-refractivity contribution is 6.09. The smallest absolute Gasteiger partial charge is 0.325 e. The van der Waals surface area contributed by atoms with Crippen LogP contribution in [0.1, 0.15) is 48.1 Å². The summed E-state index contributed by atoms with van der Waals surface area (Å²) in [5.74, 6) is -3.65. The fraction of sp³-hybridized carbons (Fsp3) is 0.393. The van der Waals surface area contributed by atoms with Gasteiger partial charge in [0.15, 0.2) is 0 Å². The van der Waals surface area contributed by atoms with Crippen molar-refractivity contribution in [1.29, 1.82) is 0 Å². The number of aryl methyl sites for hydroxylation is 2. The van der Waals surface area contributed by atoms with Gasteiger partial charge in [-0.05, 0) is 48.6 Å². The van der Waals surface area contributed by atoms with Crippen molar-refractivity contribution in [3.63, 3.8) is 0 Å². The first-order chi connectivity index (χ1) is 17.2. The van der Waals surface area contributed by atoms with E-state index in [4.69, 9.17) is 0 Å². The van der Waals surface area contributed by atoms with Crippen LogP contribution >= 0.6 is 0 Å². The molecule has 2 aliphatic heterocycles. The molecule has 8 nitrogen and oxygen atoms in total. The number of H-pyrrole nitrogens is 1. The van der Waals surface area contributed by atoms with E-state index in [1.807, 2.05) is 31.2 Å². The zero-order valence-electron chi connectivity index (χ0n) is 20.7. The van der Waals surface area contributed by atoms with Crippen LogP contribution in [0.4, 0.5) is 0 Å². The Hall–Kier alpha value is -3.65. The first-order valence-corrected chi connectivity index (χ1v) is 12.4. The summed E-state index contributed by atoms with van der Waals surface area (Å²) in [5, 5.41) is 25.1. The number of carbonyl (C=O) groups excluding carboxylic acids is 2. The van der Waals surface area contributed by atoms with Gasteiger partial charge in [0.05, 0.1) is 11.8 Å². The van der Waals surface area contributed by atoms with Gasteiger partial charge < -0.3 is 15.2 Å². The number of phenols is 1. The number of aliphatic carboxylic acids is 1. The summed E-state index contributed by atoms with van der Waals surface area (Å²) < 4.78 is 0. The summed E-state index contributed by atoms with van der Waals surface area (Å²) in [6, 6.07) is 10.5. The molecule has 3 heterocycles. The van der Waals surface area contributed by atoms with Crippen LogP contribution in [-0.2, 0) is 20.8 Å². The Morgan fingerprint density at radius 3 is 2.47 bits per heavy atom. The molecule has 2 fully saturated rings. The number of nitrogens with one attached hydrogen (secondary N) is 2. The Bertz CT molecular complexity index is 1360. The van der Waals surface area contributed by atoms with Gasteiger partial charge in [0.2, 0.25) is 11.8 Å². The van der Waals surface area contributed by atoms with E-state index in [-0.39, 0.29) is 24.6 Å². The van der Waals surface area contributed by atoms with Gasteiger partial charge in [-0.3, -0.25) is 24.6 Å². The van der Waals surface area contributed by atoms with Gasteiger partial charge in [0.1, 0.15) is 11.3 Å². The van der Waals surface area contributed by atoms with Crippen molar-refractivity contribution in [2.24, 2.45) is 11.8 Å². The van der Waals surface area contributed by atoms with Crippen LogP contribution in [0.3, 0.4) is 0 Å². The number of rotatable bonds is 7. The molecule has 4 atom stereocenters. The highest BCUT2D eigenvalue weighted by atomic mass is 16.4. The third-order valence-electron chi connectivity index (χ3n) is 7.88. The molecule has 4 unspecified atom stereocenters. The number of aromatic nitrogens is 1. The molecular weight excluding hydrogens is 458 g/mol. The minimum absolute atomic E-state index is 0.0424. The summed E-state index contributed by atoms with van der Waals surface area (Å²) in [6.45, 7) is 5.80. The molecule has 0 aliphatic carbocycles. The number of carbonyl (C=O) groups is 3. The standard InChI is InChI=1S/C28H31N3O5/c1-4-5-10-31-25(33)21-22(26(31)34)28(27(35)36,13-18-14-29-20-9-7-6-8-19(18)20)30-23(21)17-11-15(2)24(32)16(3)12-17/h6-9,11-12,14,21-23,29-30,32H,4-5,10,13H2,1-3H3,(H,35,36). The number of benzene rings is 2. The number of aromatic hydroxyl groups is 1. The molecule has 2 aliphatic rings. The van der Waals surface area contributed by atoms with Crippen molar-refractivity contribution in [3.05, 3.63) is 64.8 Å². The predicted octanol–water partition coefficient (Wildman–Crippen LogP) is 3.60. The highest BCUT2D eigenvalue weighted by Crippen LogP contribution is 2.51. The second-order valence-corrected chi connectivity index (χ2v) is 10.1. The van der Waals surface area contributed by atoms with Crippen molar-refractivity contribution in [1.82, 2.24) is 15.2 Å². The quantitative estimate of drug-likeness (QED) is 0.376. The minimum Gasteiger partial charge on any atom is -0.507 e. The number of carboxylic acid groups (broad SMARTS) is 1. The van der Waals surface area contributed by atoms with E-state index >= 15 is 0 Å². The molecular formula is C28H31N3O5. The van der Waals surface area contributed by atoms with Gasteiger partial charge in [-0.15, -0.1) is 0 Å². The Morgan fingerprint density at radius 2 is 1.81 bits per heavy atom. The largest absolute Gasteiger partial charge is 0.507 e. The summed E-state index contributed by atoms with van der Waals surface area (Å²) in [6.07, 6.45) is 3.30. The molecule has 188 valence electrons. The average Bonchev–Trinajstić information content (AvgIpc) is 3.49. The lowest BCUT2D eigenvalue weighted by Crippen LogP contribution is -2.57. The van der Waals surface area contributed by atoms with E-state index in [9.17, 15) is 24.6 Å². The Labute approximate surface area is 209 Å². The van der Waals surface area contributed by atoms with Crippen LogP contribution in [0.2, 0.25) is 0 Å². The zero-order chi connectivity index (χ0) is 25.8. The van der Waals surface area contributed by atoms with Crippen molar-refractivity contribution < 1.29 is 24.6 Å². The van der Waals surface area contributed by atoms with E-state index in [2.05, 4.69) is 10.3 Å². The SMILES string of the molecule is CCCCN1C(=O)C2C(c3cc(C)c(O)c(C)c3)NC(Cc3c[nH]c4ccccc34)(C(=O)O)C2C1=O. The monoisotopic (exact) mass is 489 g/mol. The number of unbranched alkanes of at least 4 members (excludes halogenated alkanes) is 1. The van der Waals surface area contributed by atoms with Crippen molar-refractivity contribution in [2.45, 2.75) is 51.6 Å². The van der Waals surface area contributed by atoms with E-state index < -0.39 is 35.3 Å². The van der Waals surface area contributed by atoms with Gasteiger partial charge >= 0.3 is 5.97 Å². The van der Waals surface area contributed by atoms with E-state index in [1.165, 1.54) is 4.90 Å². The molecule has 0 radical (unpaired) electrons. The summed E-state index contributed by atoms with van der Waals surface area (Å²) in [5.41, 5.74) is 1.93. The van der Waals surface area contributed by atoms with Crippen LogP contribution in [-0.4, -0.2) is 50.0 Å². The van der Waals surface area contributed by atoms with E-state index in [1.54, 1.807) is 32.2 Å². The molecule has 2 aromatic carbocycles. The number of amides is 2. The summed E-state index contributed by atoms with van der Waals surface area (Å²) in [4.78, 5) is 44.9. The van der Waals surface area contributed by atoms with Crippen LogP contribution in [0.15, 0.2) is 42.6 Å². The lowest BCUT2D eigenvalue weighted by Gasteiger charge is -2.31. The maximum atomic E-state index is 13.7. The number of nitrogens with zero attached hydrogens (tertiary/aromatic N) is 1. The fourth-order valence-corrected chi connectivity index (χ4v) is 6.07. The Kier molecular flexibility index (Phi) is 5.87. The van der Waals surface area contributed by atoms with Crippen molar-refractivity contribution in [2.75, 3.05) is 6.54 Å². The molecule has 3 aromatic rings. The van der Waals surface area contributed by atoms with Gasteiger partial charge in [0, 0.05) is 36.1 Å². The molecule has 1 aromatic heterocycles. The Morgan fingerprint density at radius 1 is 1.11 bits per heavy atom. The first-order valence-electron chi connectivity index (χ1n) is 12.4. The number of likely N-dealkylation sites (tertiary alicyclic amines) is 1. The third kappa shape index (κ3) is 3.51. The number of carboxylic acids is 1. The van der Waals surface area contributed by atoms with Gasteiger partial charge in [-0.2, -0.15) is 0 Å². The summed E-state index contributed by atoms with van der Waals surface area (Å²) in [7, 11) is 0. The molecule has 5 rings (SSSR count). The zero-order valence-corrected chi connectivity index (χ0v) is 20.7. The second kappa shape index (κ2) is 8.78. The van der Waals surface area contributed by atoms with E-state index in [0.717, 1.165) is 22.9 Å². The number of aromatic amines is 1. The minimum atomic E-state index is -1.67. The average molecular weight is 490 g/mol. The number of fused-ring (bicyclic) bond motifs is 2. The lowest BCUT2D eigenvalue weighted by atomic mass is 9.76. The Balaban J connectivity index is 1.66. The molecule has 2 saturated heterocycles. The van der Waals surface area contributed by atoms with Crippen LogP contribution in [0, 0.1) is 25.7 Å². The van der Waals surface area contributed by atoms with Crippen LogP contribution in [0.25, 0.3) is 10.9 Å². The molecule has 0 bridgehead atoms. The summed E-state index contributed by atoms with van der Waals surface area (Å²) >= 11 is 0. The molecule has 2 amide bonds. The molecule has 0 saturated carbocycles. The van der Waals surface area contributed by atoms with Crippen molar-refractivity contribution in [3.8, 4) is 5.75 Å². The van der Waals surface area contributed by atoms with Gasteiger partial charge in [0.25, 0.3) is 0 Å². The number of imide groups is 1. The van der Waals surface area contributed by atoms with Crippen molar-refractivity contribution >= 4 is 28.7 Å². The molecule has 36 heavy (non-hydrogen) atoms. The van der Waals surface area contributed by atoms with Gasteiger partial charge in [-0.1, -0.05) is 43.7 Å². The topological polar surface area (TPSA) is 123 Å². The fourth-order valence-electron chi connectivity index (χ4n) is 6.07. The van der Waals surface area contributed by atoms with Crippen LogP contribution < -0.4 is 5.32 Å². The van der Waals surface area contributed by atoms with Crippen LogP contribution in [0.5, 0.6) is 5.75 Å². The molecule has 0 spiro atoms. The number of hydrogen-bond acceptors (Lipinski definition) is 5. The normalized spacial score (nSPS) is 25.6. The second-order valence-electron chi connectivity index (χ2n) is 10.1. The third-order valence-corrected chi connectivity index (χ3v) is 7.88. The predicted molar refractivity (Wildman–Crippen MR) is 134 cm³/mol. The van der Waals surface area contributed by atoms with E-state index in [0.29, 0.717) is 23.1 Å². The first kappa shape index (κ1) is 24.1. The maximum absolute atomic E-state index is 13.7. The highest BCUT2D eigenvalue weighted by Gasteiger charge is 2.68. The number of para-hydroxylation sites is 1. The maximum Gasteiger partial charge on any atom is 0.325 e. The number of hydrogen-bond donors (Lipinski definition) is 4. The number of phenolic OH excluding ortho intramolecular Hbond substituents is 1. The lowest BCUT2D eigenvalue weighted by molar-refractivity contribution is -0.151. The molecule has 8 heteroatoms. The van der Waals surface area contributed by atoms with Gasteiger partial charge in [-0.25, -0.2) is 0 Å².